The van der Waals surface area contributed by atoms with Crippen LogP contribution < -0.4 is 35.6 Å². The molecular formula is C62H77ClN7O16P. The monoisotopic (exact) mass is 1240 g/mol. The van der Waals surface area contributed by atoms with Crippen molar-refractivity contribution >= 4 is 89.8 Å². The third-order valence-electron chi connectivity index (χ3n) is 16.8. The number of amides is 7. The molecule has 0 bridgehead atoms. The van der Waals surface area contributed by atoms with Gasteiger partial charge in [-0.15, -0.1) is 11.6 Å². The highest BCUT2D eigenvalue weighted by Gasteiger charge is 2.51. The molecule has 1 aliphatic carbocycles. The number of nitrogens with one attached hydrogen (secondary N) is 2. The number of ether oxygens (including phenoxy) is 3. The molecule has 0 aromatic heterocycles. The van der Waals surface area contributed by atoms with E-state index < -0.39 is 50.3 Å². The molecule has 4 heterocycles. The van der Waals surface area contributed by atoms with Gasteiger partial charge in [-0.2, -0.15) is 0 Å². The lowest BCUT2D eigenvalue weighted by atomic mass is 9.67. The Balaban J connectivity index is 0.00000265. The van der Waals surface area contributed by atoms with E-state index >= 15 is 0 Å². The van der Waals surface area contributed by atoms with Gasteiger partial charge < -0.3 is 61.0 Å². The number of phenolic OH excluding ortho intramolecular Hbond substituents is 1. The second-order valence-electron chi connectivity index (χ2n) is 22.2. The maximum atomic E-state index is 14.2. The van der Waals surface area contributed by atoms with E-state index in [1.807, 2.05) is 24.3 Å². The molecule has 9 N–H and O–H groups in total. The van der Waals surface area contributed by atoms with Crippen LogP contribution in [-0.4, -0.2) is 148 Å². The number of ketones is 1. The molecular weight excluding hydrogens is 1170 g/mol. The molecule has 4 aliphatic heterocycles. The first-order valence-corrected chi connectivity index (χ1v) is 30.7. The number of methoxy groups -OCH3 is 1. The summed E-state index contributed by atoms with van der Waals surface area (Å²) in [5.74, 6) is -1.37. The molecule has 1 saturated heterocycles. The predicted molar refractivity (Wildman–Crippen MR) is 324 cm³/mol. The van der Waals surface area contributed by atoms with Gasteiger partial charge in [0.2, 0.25) is 17.7 Å². The van der Waals surface area contributed by atoms with Gasteiger partial charge in [0.25, 0.3) is 17.7 Å². The Hall–Kier alpha value is -7.53. The molecule has 4 atom stereocenters. The summed E-state index contributed by atoms with van der Waals surface area (Å²) in [7, 11) is 0.614. The van der Waals surface area contributed by atoms with Crippen LogP contribution in [0.15, 0.2) is 78.9 Å². The lowest BCUT2D eigenvalue weighted by Crippen LogP contribution is -2.58. The van der Waals surface area contributed by atoms with Crippen molar-refractivity contribution in [3.63, 3.8) is 0 Å². The number of carbonyl (C=O) groups excluding carboxylic acids is 8. The van der Waals surface area contributed by atoms with E-state index in [1.54, 1.807) is 40.1 Å². The zero-order valence-corrected chi connectivity index (χ0v) is 50.4. The van der Waals surface area contributed by atoms with Crippen molar-refractivity contribution in [3.8, 4) is 17.2 Å². The molecule has 468 valence electrons. The van der Waals surface area contributed by atoms with E-state index in [-0.39, 0.29) is 95.4 Å². The molecule has 25 heteroatoms. The van der Waals surface area contributed by atoms with Crippen LogP contribution in [0.25, 0.3) is 10.8 Å². The topological polar surface area (TPSA) is 337 Å². The fourth-order valence-corrected chi connectivity index (χ4v) is 12.2. The highest BCUT2D eigenvalue weighted by Crippen LogP contribution is 2.46. The second kappa shape index (κ2) is 31.4. The molecule has 4 aromatic rings. The number of unbranched alkanes of at least 4 members (excludes halogenated alkanes) is 5. The Bertz CT molecular complexity index is 3180. The van der Waals surface area contributed by atoms with Crippen LogP contribution in [-0.2, 0) is 51.1 Å². The van der Waals surface area contributed by atoms with Crippen molar-refractivity contribution in [2.45, 2.75) is 134 Å². The number of anilines is 2. The van der Waals surface area contributed by atoms with Crippen molar-refractivity contribution in [1.29, 1.82) is 0 Å². The first-order valence-electron chi connectivity index (χ1n) is 29.4. The number of aliphatic hydroxyl groups excluding tert-OH is 1. The average Bonchev–Trinajstić information content (AvgIpc) is 1.90. The van der Waals surface area contributed by atoms with Crippen LogP contribution in [0.3, 0.4) is 0 Å². The van der Waals surface area contributed by atoms with E-state index in [2.05, 4.69) is 10.6 Å². The fraction of sp³-hybridized carbons (Fsp3) is 0.484. The molecule has 9 rings (SSSR count). The minimum Gasteiger partial charge on any atom is -0.507 e. The van der Waals surface area contributed by atoms with E-state index in [0.717, 1.165) is 21.2 Å². The van der Waals surface area contributed by atoms with Crippen LogP contribution in [0, 0.1) is 5.41 Å². The number of halogens is 1. The standard InChI is InChI=1S/C62H74ClN7O13.HO2P.H2O/c1-81-51-33-44-47(35-52(51)82-31-11-2-4-18-53(73)69-37-41(36-63)56-43-15-6-5-14-42(43)49(71)34-48(56)69)70(58(77)46-17-12-30-67(46)57(44)76)61(80)83-38-40-21-19-39(20-22-40)32-50(72)45(16-7-8-27-64)66-60(79)62(25-13-26-62)59(78)65-28-9-3-10-29-68-54(74)23-24-55(68)75;1-3-2;/h5-6,14-15,19-24,33-35,41,45-46,58,71,77H,2-4,7-13,16-18,25-32,36-38,64H2,1H3,(H,65,78)(H,66,79);(H,1,2);1H2/t41-,45+,46+,58?;;/m1../s1. The normalized spacial score (nSPS) is 18.4. The maximum absolute atomic E-state index is 14.2. The average molecular weight is 1240 g/mol. The summed E-state index contributed by atoms with van der Waals surface area (Å²) in [6.07, 6.45) is 8.00. The van der Waals surface area contributed by atoms with E-state index in [0.29, 0.717) is 145 Å². The third-order valence-corrected chi connectivity index (χ3v) is 17.2. The number of nitrogens with zero attached hydrogens (tertiary/aromatic N) is 4. The number of rotatable bonds is 27. The number of benzene rings is 4. The number of hydrogen-bond acceptors (Lipinski definition) is 15. The summed E-state index contributed by atoms with van der Waals surface area (Å²) < 4.78 is 26.2. The lowest BCUT2D eigenvalue weighted by Gasteiger charge is -2.39. The Morgan fingerprint density at radius 1 is 0.851 bits per heavy atom. The molecule has 87 heavy (non-hydrogen) atoms. The molecule has 1 saturated carbocycles. The number of carbonyl (C=O) groups is 8. The third kappa shape index (κ3) is 15.4. The lowest BCUT2D eigenvalue weighted by molar-refractivity contribution is -0.151. The first kappa shape index (κ1) is 67.0. The van der Waals surface area contributed by atoms with Gasteiger partial charge in [0, 0.05) is 80.5 Å². The number of aliphatic hydroxyl groups is 1. The van der Waals surface area contributed by atoms with Crippen molar-refractivity contribution in [1.82, 2.24) is 20.4 Å². The minimum absolute atomic E-state index is 0. The Kier molecular flexibility index (Phi) is 24.2. The number of phenols is 1. The van der Waals surface area contributed by atoms with Crippen LogP contribution in [0.1, 0.15) is 129 Å². The van der Waals surface area contributed by atoms with Gasteiger partial charge in [0.15, 0.2) is 23.5 Å². The molecule has 7 amide bonds. The minimum atomic E-state index is -1.46. The SMILES string of the molecule is COc1cc2c(cc1OCCCCCC(=O)N1C[C@@H](CCl)c3c1cc(O)c1ccccc31)N(C(=O)OCc1ccc(CC(=O)[C@H](CCCCN)NC(=O)C3(C(=O)NCCCCCN4C(=O)C=CC4=O)CCC3)cc1)C(O)[C@@H]1CCCN1C2=O.O.O=PO. The Morgan fingerprint density at radius 3 is 2.23 bits per heavy atom. The zero-order chi connectivity index (χ0) is 61.5. The fourth-order valence-electron chi connectivity index (χ4n) is 12.0. The van der Waals surface area contributed by atoms with Gasteiger partial charge in [-0.1, -0.05) is 55.0 Å². The van der Waals surface area contributed by atoms with Crippen molar-refractivity contribution in [2.75, 3.05) is 62.1 Å². The van der Waals surface area contributed by atoms with Crippen molar-refractivity contribution in [2.24, 2.45) is 11.1 Å². The molecule has 0 spiro atoms. The number of aromatic hydroxyl groups is 1. The summed E-state index contributed by atoms with van der Waals surface area (Å²) in [5, 5.41) is 30.1. The highest BCUT2D eigenvalue weighted by atomic mass is 35.5. The number of alkyl halides is 1. The van der Waals surface area contributed by atoms with E-state index in [9.17, 15) is 48.6 Å². The van der Waals surface area contributed by atoms with Gasteiger partial charge in [-0.05, 0) is 118 Å². The highest BCUT2D eigenvalue weighted by molar-refractivity contribution is 7.16. The molecule has 4 aromatic carbocycles. The second-order valence-corrected chi connectivity index (χ2v) is 22.7. The molecule has 2 fully saturated rings. The molecule has 1 unspecified atom stereocenters. The molecule has 0 radical (unpaired) electrons. The number of nitrogens with two attached hydrogens (primary N) is 1. The largest absolute Gasteiger partial charge is 0.507 e. The summed E-state index contributed by atoms with van der Waals surface area (Å²) in [4.78, 5) is 120. The number of hydrogen-bond donors (Lipinski definition) is 6. The van der Waals surface area contributed by atoms with Gasteiger partial charge in [-0.3, -0.25) is 38.5 Å². The van der Waals surface area contributed by atoms with Gasteiger partial charge in [0.1, 0.15) is 17.8 Å². The maximum Gasteiger partial charge on any atom is 0.416 e. The molecule has 5 aliphatic rings. The Labute approximate surface area is 511 Å². The smallest absolute Gasteiger partial charge is 0.416 e. The first-order chi connectivity index (χ1) is 41.6. The van der Waals surface area contributed by atoms with Crippen LogP contribution in [0.5, 0.6) is 17.2 Å². The summed E-state index contributed by atoms with van der Waals surface area (Å²) in [5.41, 5.74) is 7.57. The number of Topliss-reactive ketones (excluding diaryl/α,β-unsaturated/α-hetero) is 1. The quantitative estimate of drug-likeness (QED) is 0.0123. The van der Waals surface area contributed by atoms with Crippen LogP contribution in [0.4, 0.5) is 16.2 Å². The summed E-state index contributed by atoms with van der Waals surface area (Å²) in [6, 6.07) is 17.5. The van der Waals surface area contributed by atoms with Crippen molar-refractivity contribution < 1.29 is 77.7 Å². The summed E-state index contributed by atoms with van der Waals surface area (Å²) >= 11 is 6.40. The van der Waals surface area contributed by atoms with Gasteiger partial charge in [-0.25, -0.2) is 14.3 Å². The van der Waals surface area contributed by atoms with Crippen LogP contribution in [0.2, 0.25) is 0 Å². The number of fused-ring (bicyclic) bond motifs is 5. The zero-order valence-electron chi connectivity index (χ0n) is 48.7. The predicted octanol–water partition coefficient (Wildman–Crippen LogP) is 6.41. The van der Waals surface area contributed by atoms with Crippen LogP contribution >= 0.6 is 20.3 Å². The Morgan fingerprint density at radius 2 is 1.55 bits per heavy atom. The van der Waals surface area contributed by atoms with Gasteiger partial charge in [0.05, 0.1) is 42.7 Å². The summed E-state index contributed by atoms with van der Waals surface area (Å²) in [6.45, 7) is 1.83. The van der Waals surface area contributed by atoms with E-state index in [1.165, 1.54) is 36.3 Å². The molecule has 23 nitrogen and oxygen atoms in total. The van der Waals surface area contributed by atoms with E-state index in [4.69, 9.17) is 41.0 Å². The van der Waals surface area contributed by atoms with Gasteiger partial charge >= 0.3 is 14.8 Å². The van der Waals surface area contributed by atoms with Crippen molar-refractivity contribution in [3.05, 3.63) is 101 Å². The number of imide groups is 1.